The molecule has 1 unspecified atom stereocenters. The minimum absolute atomic E-state index is 0.0518. The van der Waals surface area contributed by atoms with Gasteiger partial charge in [-0.15, -0.1) is 0 Å². The molecule has 0 saturated heterocycles. The van der Waals surface area contributed by atoms with Crippen LogP contribution in [0, 0.1) is 0 Å². The van der Waals surface area contributed by atoms with Gasteiger partial charge in [-0.05, 0) is 48.7 Å². The average molecular weight is 450 g/mol. The summed E-state index contributed by atoms with van der Waals surface area (Å²) in [6.45, 7) is -1.62. The third-order valence-electron chi connectivity index (χ3n) is 5.44. The standard InChI is InChI=1S/C23H22ClF2NO4/c24-20-7-14(1-6-22(20)31-19(11-25)12-26)13-30-18-5-2-15-8-16-3-4-17(9-23(28)29)27(16)21(15)10-18/h1-2,5-8,10,17,19H,3-4,9,11-13H2,(H,28,29). The van der Waals surface area contributed by atoms with E-state index in [1.165, 1.54) is 0 Å². The molecule has 0 spiro atoms. The van der Waals surface area contributed by atoms with Crippen molar-refractivity contribution in [3.63, 3.8) is 0 Å². The van der Waals surface area contributed by atoms with Crippen molar-refractivity contribution in [3.8, 4) is 11.5 Å². The lowest BCUT2D eigenvalue weighted by Gasteiger charge is -2.15. The van der Waals surface area contributed by atoms with Crippen molar-refractivity contribution in [2.45, 2.75) is 38.0 Å². The Balaban J connectivity index is 1.48. The summed E-state index contributed by atoms with van der Waals surface area (Å²) in [5, 5.41) is 10.5. The van der Waals surface area contributed by atoms with E-state index in [2.05, 4.69) is 10.6 Å². The van der Waals surface area contributed by atoms with Gasteiger partial charge in [-0.1, -0.05) is 17.7 Å². The van der Waals surface area contributed by atoms with E-state index < -0.39 is 25.4 Å². The number of fused-ring (bicyclic) bond motifs is 3. The highest BCUT2D eigenvalue weighted by atomic mass is 35.5. The van der Waals surface area contributed by atoms with Crippen molar-refractivity contribution in [1.82, 2.24) is 4.57 Å². The van der Waals surface area contributed by atoms with Crippen LogP contribution < -0.4 is 9.47 Å². The summed E-state index contributed by atoms with van der Waals surface area (Å²) in [5.74, 6) is 0.0712. The van der Waals surface area contributed by atoms with Gasteiger partial charge in [0, 0.05) is 23.2 Å². The third-order valence-corrected chi connectivity index (χ3v) is 5.74. The Labute approximate surface area is 183 Å². The van der Waals surface area contributed by atoms with Gasteiger partial charge in [0.2, 0.25) is 0 Å². The maximum Gasteiger partial charge on any atom is 0.305 e. The maximum absolute atomic E-state index is 12.7. The number of halogens is 3. The quantitative estimate of drug-likeness (QED) is 0.467. The zero-order chi connectivity index (χ0) is 22.0. The van der Waals surface area contributed by atoms with Crippen LogP contribution in [0.3, 0.4) is 0 Å². The lowest BCUT2D eigenvalue weighted by molar-refractivity contribution is -0.137. The van der Waals surface area contributed by atoms with Crippen molar-refractivity contribution in [1.29, 1.82) is 0 Å². The highest BCUT2D eigenvalue weighted by molar-refractivity contribution is 6.32. The number of carbonyl (C=O) groups is 1. The molecule has 4 rings (SSSR count). The van der Waals surface area contributed by atoms with E-state index in [0.29, 0.717) is 5.75 Å². The van der Waals surface area contributed by atoms with Crippen LogP contribution in [0.1, 0.15) is 30.1 Å². The van der Waals surface area contributed by atoms with Crippen LogP contribution in [0.25, 0.3) is 10.9 Å². The van der Waals surface area contributed by atoms with Crippen LogP contribution in [-0.2, 0) is 17.8 Å². The largest absolute Gasteiger partial charge is 0.489 e. The molecule has 5 nitrogen and oxygen atoms in total. The second-order valence-corrected chi connectivity index (χ2v) is 8.03. The summed E-state index contributed by atoms with van der Waals surface area (Å²) in [4.78, 5) is 11.2. The summed E-state index contributed by atoms with van der Waals surface area (Å²) in [6, 6.07) is 12.7. The van der Waals surface area contributed by atoms with Gasteiger partial charge < -0.3 is 19.1 Å². The molecule has 1 atom stereocenters. The van der Waals surface area contributed by atoms with E-state index in [1.54, 1.807) is 18.2 Å². The highest BCUT2D eigenvalue weighted by Crippen LogP contribution is 2.36. The van der Waals surface area contributed by atoms with Gasteiger partial charge in [0.25, 0.3) is 0 Å². The smallest absolute Gasteiger partial charge is 0.305 e. The van der Waals surface area contributed by atoms with Crippen LogP contribution in [0.2, 0.25) is 5.02 Å². The van der Waals surface area contributed by atoms with Crippen LogP contribution in [0.15, 0.2) is 42.5 Å². The summed E-state index contributed by atoms with van der Waals surface area (Å²) in [5.41, 5.74) is 2.88. The van der Waals surface area contributed by atoms with E-state index in [1.807, 2.05) is 18.2 Å². The molecule has 1 aliphatic heterocycles. The number of nitrogens with zero attached hydrogens (tertiary/aromatic N) is 1. The fraction of sp³-hybridized carbons (Fsp3) is 0.348. The molecule has 1 N–H and O–H groups in total. The molecule has 3 aromatic rings. The van der Waals surface area contributed by atoms with Crippen molar-refractivity contribution < 1.29 is 28.2 Å². The Kier molecular flexibility index (Phi) is 6.32. The van der Waals surface area contributed by atoms with Crippen molar-refractivity contribution >= 4 is 28.5 Å². The van der Waals surface area contributed by atoms with Gasteiger partial charge in [-0.3, -0.25) is 4.79 Å². The molecule has 0 saturated carbocycles. The molecule has 0 fully saturated rings. The van der Waals surface area contributed by atoms with Crippen molar-refractivity contribution in [2.24, 2.45) is 0 Å². The minimum atomic E-state index is -1.17. The van der Waals surface area contributed by atoms with Crippen LogP contribution in [0.5, 0.6) is 11.5 Å². The molecule has 2 heterocycles. The van der Waals surface area contributed by atoms with Crippen LogP contribution in [-0.4, -0.2) is 35.1 Å². The number of rotatable bonds is 9. The van der Waals surface area contributed by atoms with Gasteiger partial charge >= 0.3 is 5.97 Å². The number of hydrogen-bond donors (Lipinski definition) is 1. The van der Waals surface area contributed by atoms with E-state index >= 15 is 0 Å². The molecule has 1 aliphatic rings. The Morgan fingerprint density at radius 3 is 2.71 bits per heavy atom. The first-order chi connectivity index (χ1) is 15.0. The molecule has 1 aromatic heterocycles. The first kappa shape index (κ1) is 21.4. The van der Waals surface area contributed by atoms with Gasteiger partial charge in [0.05, 0.1) is 17.0 Å². The molecule has 0 bridgehead atoms. The van der Waals surface area contributed by atoms with E-state index in [0.717, 1.165) is 35.0 Å². The third kappa shape index (κ3) is 4.61. The van der Waals surface area contributed by atoms with Crippen molar-refractivity contribution in [2.75, 3.05) is 13.3 Å². The average Bonchev–Trinajstić information content (AvgIpc) is 3.30. The van der Waals surface area contributed by atoms with Gasteiger partial charge in [0.15, 0.2) is 6.10 Å². The minimum Gasteiger partial charge on any atom is -0.489 e. The number of aromatic nitrogens is 1. The van der Waals surface area contributed by atoms with Crippen LogP contribution >= 0.6 is 11.6 Å². The summed E-state index contributed by atoms with van der Waals surface area (Å²) in [7, 11) is 0. The molecule has 0 amide bonds. The lowest BCUT2D eigenvalue weighted by atomic mass is 10.1. The lowest BCUT2D eigenvalue weighted by Crippen LogP contribution is -2.21. The number of benzene rings is 2. The highest BCUT2D eigenvalue weighted by Gasteiger charge is 2.26. The number of carboxylic acids is 1. The SMILES string of the molecule is O=C(O)CC1CCc2cc3ccc(OCc4ccc(OC(CF)CF)c(Cl)c4)cc3n21. The van der Waals surface area contributed by atoms with Gasteiger partial charge in [0.1, 0.15) is 31.5 Å². The summed E-state index contributed by atoms with van der Waals surface area (Å²) >= 11 is 6.18. The maximum atomic E-state index is 12.7. The Morgan fingerprint density at radius 2 is 2.00 bits per heavy atom. The molecule has 0 aliphatic carbocycles. The second kappa shape index (κ2) is 9.14. The van der Waals surface area contributed by atoms with Crippen LogP contribution in [0.4, 0.5) is 8.78 Å². The zero-order valence-corrected chi connectivity index (χ0v) is 17.4. The predicted molar refractivity (Wildman–Crippen MR) is 114 cm³/mol. The number of ether oxygens (including phenoxy) is 2. The molecular formula is C23H22ClF2NO4. The van der Waals surface area contributed by atoms with Crippen molar-refractivity contribution in [3.05, 3.63) is 58.7 Å². The molecule has 0 radical (unpaired) electrons. The number of alkyl halides is 2. The zero-order valence-electron chi connectivity index (χ0n) is 16.7. The topological polar surface area (TPSA) is 60.7 Å². The van der Waals surface area contributed by atoms with Gasteiger partial charge in [-0.2, -0.15) is 0 Å². The second-order valence-electron chi connectivity index (χ2n) is 7.62. The molecule has 2 aromatic carbocycles. The number of hydrogen-bond acceptors (Lipinski definition) is 3. The fourth-order valence-electron chi connectivity index (χ4n) is 3.99. The Morgan fingerprint density at radius 1 is 1.19 bits per heavy atom. The van der Waals surface area contributed by atoms with Gasteiger partial charge in [-0.25, -0.2) is 8.78 Å². The molecular weight excluding hydrogens is 428 g/mol. The molecule has 8 heteroatoms. The monoisotopic (exact) mass is 449 g/mol. The Hall–Kier alpha value is -2.80. The number of carboxylic acid groups (broad SMARTS) is 1. The van der Waals surface area contributed by atoms with E-state index in [4.69, 9.17) is 21.1 Å². The predicted octanol–water partition coefficient (Wildman–Crippen LogP) is 5.52. The Bertz CT molecular complexity index is 1100. The molecule has 164 valence electrons. The number of aliphatic carboxylic acids is 1. The van der Waals surface area contributed by atoms with E-state index in [9.17, 15) is 18.7 Å². The molecule has 31 heavy (non-hydrogen) atoms. The fourth-order valence-corrected chi connectivity index (χ4v) is 4.24. The first-order valence-corrected chi connectivity index (χ1v) is 10.4. The number of aryl methyl sites for hydroxylation is 1. The summed E-state index contributed by atoms with van der Waals surface area (Å²) in [6.07, 6.45) is 0.614. The van der Waals surface area contributed by atoms with E-state index in [-0.39, 0.29) is 29.8 Å². The first-order valence-electron chi connectivity index (χ1n) is 10.0. The summed E-state index contributed by atoms with van der Waals surface area (Å²) < 4.78 is 38.6. The normalized spacial score (nSPS) is 15.4.